The maximum absolute atomic E-state index is 5.44. The first-order valence-electron chi connectivity index (χ1n) is 7.97. The Morgan fingerprint density at radius 3 is 2.80 bits per heavy atom. The zero-order valence-electron chi connectivity index (χ0n) is 12.5. The van der Waals surface area contributed by atoms with E-state index >= 15 is 0 Å². The number of morpholine rings is 1. The summed E-state index contributed by atoms with van der Waals surface area (Å²) in [4.78, 5) is 2.45. The maximum Gasteiger partial charge on any atom is 0.0642 e. The van der Waals surface area contributed by atoms with E-state index in [0.717, 1.165) is 26.3 Å². The second-order valence-electron chi connectivity index (χ2n) is 5.88. The molecule has 3 rings (SSSR count). The van der Waals surface area contributed by atoms with Gasteiger partial charge in [-0.3, -0.25) is 0 Å². The van der Waals surface area contributed by atoms with Crippen LogP contribution < -0.4 is 4.90 Å². The van der Waals surface area contributed by atoms with E-state index in [2.05, 4.69) is 42.2 Å². The lowest BCUT2D eigenvalue weighted by molar-refractivity contribution is 0.122. The Labute approximate surface area is 122 Å². The highest BCUT2D eigenvalue weighted by molar-refractivity contribution is 5.49. The van der Waals surface area contributed by atoms with Crippen LogP contribution in [0.3, 0.4) is 0 Å². The second kappa shape index (κ2) is 6.45. The average molecular weight is 271 g/mol. The molecule has 0 bridgehead atoms. The molecule has 1 aliphatic heterocycles. The molecule has 1 fully saturated rings. The third-order valence-electron chi connectivity index (χ3n) is 4.68. The Kier molecular flexibility index (Phi) is 4.41. The van der Waals surface area contributed by atoms with Crippen LogP contribution in [-0.2, 0) is 4.74 Å². The van der Waals surface area contributed by atoms with Crippen molar-refractivity contribution in [1.29, 1.82) is 0 Å². The molecule has 0 radical (unpaired) electrons. The standard InChI is InChI=1S/C18H25NO/c1-2-15-6-8-16(9-7-15)17-4-3-5-18(14-17)19-10-12-20-13-11-19/h3-6,14,16H,2,7-13H2,1H3. The molecule has 1 atom stereocenters. The van der Waals surface area contributed by atoms with Gasteiger partial charge in [0.15, 0.2) is 0 Å². The van der Waals surface area contributed by atoms with E-state index < -0.39 is 0 Å². The summed E-state index contributed by atoms with van der Waals surface area (Å²) in [5.74, 6) is 0.714. The predicted octanol–water partition coefficient (Wildman–Crippen LogP) is 4.13. The molecule has 0 aromatic heterocycles. The molecule has 20 heavy (non-hydrogen) atoms. The van der Waals surface area contributed by atoms with Crippen molar-refractivity contribution in [3.05, 3.63) is 41.5 Å². The van der Waals surface area contributed by atoms with Gasteiger partial charge in [0, 0.05) is 18.8 Å². The van der Waals surface area contributed by atoms with Crippen LogP contribution in [0.25, 0.3) is 0 Å². The summed E-state index contributed by atoms with van der Waals surface area (Å²) >= 11 is 0. The van der Waals surface area contributed by atoms with Gasteiger partial charge in [0.2, 0.25) is 0 Å². The van der Waals surface area contributed by atoms with Gasteiger partial charge in [-0.15, -0.1) is 0 Å². The minimum Gasteiger partial charge on any atom is -0.378 e. The lowest BCUT2D eigenvalue weighted by Crippen LogP contribution is -2.36. The highest BCUT2D eigenvalue weighted by Gasteiger charge is 2.17. The highest BCUT2D eigenvalue weighted by Crippen LogP contribution is 2.34. The molecule has 1 aromatic rings. The lowest BCUT2D eigenvalue weighted by atomic mass is 9.84. The summed E-state index contributed by atoms with van der Waals surface area (Å²) in [5.41, 5.74) is 4.53. The van der Waals surface area contributed by atoms with Crippen LogP contribution in [0.2, 0.25) is 0 Å². The number of benzene rings is 1. The topological polar surface area (TPSA) is 12.5 Å². The third kappa shape index (κ3) is 3.06. The maximum atomic E-state index is 5.44. The van der Waals surface area contributed by atoms with Crippen molar-refractivity contribution >= 4 is 5.69 Å². The van der Waals surface area contributed by atoms with Crippen molar-refractivity contribution in [1.82, 2.24) is 0 Å². The largest absolute Gasteiger partial charge is 0.378 e. The summed E-state index contributed by atoms with van der Waals surface area (Å²) in [6, 6.07) is 9.17. The molecule has 1 aromatic carbocycles. The zero-order valence-corrected chi connectivity index (χ0v) is 12.5. The molecule has 1 unspecified atom stereocenters. The number of rotatable bonds is 3. The van der Waals surface area contributed by atoms with Gasteiger partial charge in [-0.1, -0.05) is 30.7 Å². The molecule has 1 aliphatic carbocycles. The molecule has 1 saturated heterocycles. The molecule has 0 amide bonds. The van der Waals surface area contributed by atoms with E-state index in [1.165, 1.54) is 36.9 Å². The fourth-order valence-electron chi connectivity index (χ4n) is 3.31. The summed E-state index contributed by atoms with van der Waals surface area (Å²) in [7, 11) is 0. The Hall–Kier alpha value is -1.28. The Morgan fingerprint density at radius 2 is 2.10 bits per heavy atom. The molecule has 2 aliphatic rings. The van der Waals surface area contributed by atoms with Crippen molar-refractivity contribution < 1.29 is 4.74 Å². The Morgan fingerprint density at radius 1 is 1.25 bits per heavy atom. The van der Waals surface area contributed by atoms with E-state index in [-0.39, 0.29) is 0 Å². The van der Waals surface area contributed by atoms with Crippen molar-refractivity contribution in [2.24, 2.45) is 0 Å². The lowest BCUT2D eigenvalue weighted by Gasteiger charge is -2.30. The van der Waals surface area contributed by atoms with E-state index in [4.69, 9.17) is 4.74 Å². The molecule has 0 N–H and O–H groups in total. The summed E-state index contributed by atoms with van der Waals surface area (Å²) in [6.07, 6.45) is 7.50. The van der Waals surface area contributed by atoms with Gasteiger partial charge in [0.05, 0.1) is 13.2 Å². The number of hydrogen-bond donors (Lipinski definition) is 0. The minimum absolute atomic E-state index is 0.714. The SMILES string of the molecule is CCC1=CCC(c2cccc(N3CCOCC3)c2)CC1. The molecular formula is C18H25NO. The number of anilines is 1. The quantitative estimate of drug-likeness (QED) is 0.767. The van der Waals surface area contributed by atoms with Crippen molar-refractivity contribution in [3.63, 3.8) is 0 Å². The van der Waals surface area contributed by atoms with Crippen LogP contribution in [0.4, 0.5) is 5.69 Å². The monoisotopic (exact) mass is 271 g/mol. The number of ether oxygens (including phenoxy) is 1. The van der Waals surface area contributed by atoms with Crippen LogP contribution in [-0.4, -0.2) is 26.3 Å². The normalized spacial score (nSPS) is 23.6. The number of nitrogens with zero attached hydrogens (tertiary/aromatic N) is 1. The molecule has 2 nitrogen and oxygen atoms in total. The number of allylic oxidation sites excluding steroid dienone is 2. The van der Waals surface area contributed by atoms with Gasteiger partial charge in [-0.25, -0.2) is 0 Å². The summed E-state index contributed by atoms with van der Waals surface area (Å²) < 4.78 is 5.44. The third-order valence-corrected chi connectivity index (χ3v) is 4.68. The van der Waals surface area contributed by atoms with Crippen LogP contribution in [0.15, 0.2) is 35.9 Å². The Bertz CT molecular complexity index is 474. The predicted molar refractivity (Wildman–Crippen MR) is 84.4 cm³/mol. The molecular weight excluding hydrogens is 246 g/mol. The molecule has 0 saturated carbocycles. The van der Waals surface area contributed by atoms with Gasteiger partial charge in [-0.2, -0.15) is 0 Å². The van der Waals surface area contributed by atoms with Crippen LogP contribution in [0, 0.1) is 0 Å². The summed E-state index contributed by atoms with van der Waals surface area (Å²) in [5, 5.41) is 0. The van der Waals surface area contributed by atoms with E-state index in [1.807, 2.05) is 0 Å². The van der Waals surface area contributed by atoms with E-state index in [1.54, 1.807) is 5.57 Å². The van der Waals surface area contributed by atoms with Crippen molar-refractivity contribution in [3.8, 4) is 0 Å². The van der Waals surface area contributed by atoms with E-state index in [0.29, 0.717) is 5.92 Å². The average Bonchev–Trinajstić information content (AvgIpc) is 2.56. The van der Waals surface area contributed by atoms with Crippen molar-refractivity contribution in [2.75, 3.05) is 31.2 Å². The van der Waals surface area contributed by atoms with E-state index in [9.17, 15) is 0 Å². The fourth-order valence-corrected chi connectivity index (χ4v) is 3.31. The Balaban J connectivity index is 1.73. The van der Waals surface area contributed by atoms with Crippen molar-refractivity contribution in [2.45, 2.75) is 38.5 Å². The van der Waals surface area contributed by atoms with Gasteiger partial charge >= 0.3 is 0 Å². The first-order chi connectivity index (χ1) is 9.86. The first kappa shape index (κ1) is 13.7. The van der Waals surface area contributed by atoms with Gasteiger partial charge in [0.25, 0.3) is 0 Å². The molecule has 1 heterocycles. The zero-order chi connectivity index (χ0) is 13.8. The van der Waals surface area contributed by atoms with Gasteiger partial charge < -0.3 is 9.64 Å². The molecule has 0 spiro atoms. The second-order valence-corrected chi connectivity index (χ2v) is 5.88. The number of hydrogen-bond acceptors (Lipinski definition) is 2. The first-order valence-corrected chi connectivity index (χ1v) is 7.97. The van der Waals surface area contributed by atoms with Gasteiger partial charge in [-0.05, 0) is 49.3 Å². The van der Waals surface area contributed by atoms with Crippen LogP contribution >= 0.6 is 0 Å². The minimum atomic E-state index is 0.714. The molecule has 2 heteroatoms. The fraction of sp³-hybridized carbons (Fsp3) is 0.556. The molecule has 108 valence electrons. The van der Waals surface area contributed by atoms with Crippen LogP contribution in [0.5, 0.6) is 0 Å². The van der Waals surface area contributed by atoms with Gasteiger partial charge in [0.1, 0.15) is 0 Å². The van der Waals surface area contributed by atoms with Crippen LogP contribution in [0.1, 0.15) is 44.1 Å². The smallest absolute Gasteiger partial charge is 0.0642 e. The summed E-state index contributed by atoms with van der Waals surface area (Å²) in [6.45, 7) is 6.03. The highest BCUT2D eigenvalue weighted by atomic mass is 16.5.